The maximum atomic E-state index is 13.4. The molecule has 0 bridgehead atoms. The lowest BCUT2D eigenvalue weighted by Gasteiger charge is -2.10. The summed E-state index contributed by atoms with van der Waals surface area (Å²) < 4.78 is 88.4. The molecule has 0 saturated carbocycles. The summed E-state index contributed by atoms with van der Waals surface area (Å²) in [6.07, 6.45) is -10.2. The molecule has 0 atom stereocenters. The van der Waals surface area contributed by atoms with E-state index >= 15 is 0 Å². The van der Waals surface area contributed by atoms with Gasteiger partial charge in [-0.05, 0) is 12.1 Å². The highest BCUT2D eigenvalue weighted by atomic mass is 35.5. The summed E-state index contributed by atoms with van der Waals surface area (Å²) in [6, 6.07) is 2.14. The Labute approximate surface area is 106 Å². The Morgan fingerprint density at radius 3 is 2.16 bits per heavy atom. The molecule has 0 aromatic heterocycles. The minimum absolute atomic E-state index is 0.587. The highest BCUT2D eigenvalue weighted by molar-refractivity contribution is 6.67. The molecule has 19 heavy (non-hydrogen) atoms. The van der Waals surface area contributed by atoms with Gasteiger partial charge in [-0.2, -0.15) is 13.2 Å². The lowest BCUT2D eigenvalue weighted by Crippen LogP contribution is -2.18. The van der Waals surface area contributed by atoms with E-state index in [0.29, 0.717) is 12.1 Å². The molecule has 1 aromatic carbocycles. The molecular weight excluding hydrogens is 307 g/mol. The third-order valence-corrected chi connectivity index (χ3v) is 1.92. The lowest BCUT2D eigenvalue weighted by atomic mass is 10.3. The molecule has 0 unspecified atom stereocenters. The molecule has 0 saturated heterocycles. The van der Waals surface area contributed by atoms with Crippen LogP contribution < -0.4 is 4.74 Å². The Balaban J connectivity index is 3.15. The molecule has 2 nitrogen and oxygen atoms in total. The number of ether oxygens (including phenoxy) is 1. The van der Waals surface area contributed by atoms with Gasteiger partial charge in [0.25, 0.3) is 0 Å². The number of hydrogen-bond acceptors (Lipinski definition) is 2. The van der Waals surface area contributed by atoms with Gasteiger partial charge in [-0.15, -0.1) is 13.2 Å². The van der Waals surface area contributed by atoms with Gasteiger partial charge in [-0.1, -0.05) is 17.7 Å². The van der Waals surface area contributed by atoms with Crippen LogP contribution in [0.4, 0.5) is 36.4 Å². The zero-order chi connectivity index (χ0) is 14.8. The fraction of sp³-hybridized carbons (Fsp3) is 0.222. The SMILES string of the molecule is Fc1c(N=C(Cl)C(F)(F)F)cccc1OC(F)(F)F. The van der Waals surface area contributed by atoms with Crippen LogP contribution in [0.3, 0.4) is 0 Å². The maximum absolute atomic E-state index is 13.4. The summed E-state index contributed by atoms with van der Waals surface area (Å²) in [5, 5.41) is -1.92. The largest absolute Gasteiger partial charge is 0.573 e. The summed E-state index contributed by atoms with van der Waals surface area (Å²) in [5.74, 6) is -3.01. The Bertz CT molecular complexity index is 494. The van der Waals surface area contributed by atoms with Crippen molar-refractivity contribution in [2.75, 3.05) is 0 Å². The highest BCUT2D eigenvalue weighted by Gasteiger charge is 2.35. The number of nitrogens with zero attached hydrogens (tertiary/aromatic N) is 1. The van der Waals surface area contributed by atoms with Crippen LogP contribution in [-0.4, -0.2) is 17.7 Å². The van der Waals surface area contributed by atoms with Gasteiger partial charge in [-0.3, -0.25) is 0 Å². The van der Waals surface area contributed by atoms with E-state index in [1.165, 1.54) is 0 Å². The van der Waals surface area contributed by atoms with Crippen molar-refractivity contribution < 1.29 is 35.5 Å². The molecule has 0 amide bonds. The molecule has 0 spiro atoms. The first-order valence-corrected chi connectivity index (χ1v) is 4.74. The number of aliphatic imine (C=N–C) groups is 1. The molecule has 0 fully saturated rings. The summed E-state index contributed by atoms with van der Waals surface area (Å²) >= 11 is 4.74. The maximum Gasteiger partial charge on any atom is 0.573 e. The predicted molar refractivity (Wildman–Crippen MR) is 52.1 cm³/mol. The number of hydrogen-bond donors (Lipinski definition) is 0. The molecule has 0 radical (unpaired) electrons. The van der Waals surface area contributed by atoms with E-state index in [2.05, 4.69) is 9.73 Å². The topological polar surface area (TPSA) is 21.6 Å². The lowest BCUT2D eigenvalue weighted by molar-refractivity contribution is -0.275. The quantitative estimate of drug-likeness (QED) is 0.580. The summed E-state index contributed by atoms with van der Waals surface area (Å²) in [5.41, 5.74) is -1.02. The van der Waals surface area contributed by atoms with E-state index in [1.54, 1.807) is 0 Å². The highest BCUT2D eigenvalue weighted by Crippen LogP contribution is 2.32. The fourth-order valence-electron chi connectivity index (χ4n) is 0.958. The summed E-state index contributed by atoms with van der Waals surface area (Å²) in [7, 11) is 0. The Morgan fingerprint density at radius 1 is 1.11 bits per heavy atom. The summed E-state index contributed by atoms with van der Waals surface area (Å²) in [4.78, 5) is 2.66. The van der Waals surface area contributed by atoms with Gasteiger partial charge in [0.15, 0.2) is 11.6 Å². The zero-order valence-corrected chi connectivity index (χ0v) is 9.37. The molecule has 10 heteroatoms. The van der Waals surface area contributed by atoms with E-state index in [0.717, 1.165) is 6.07 Å². The van der Waals surface area contributed by atoms with Gasteiger partial charge < -0.3 is 4.74 Å². The van der Waals surface area contributed by atoms with Crippen molar-refractivity contribution in [3.8, 4) is 5.75 Å². The number of rotatable bonds is 2. The van der Waals surface area contributed by atoms with Crippen LogP contribution in [0, 0.1) is 5.82 Å². The van der Waals surface area contributed by atoms with E-state index < -0.39 is 35.0 Å². The average molecular weight is 310 g/mol. The second-order valence-corrected chi connectivity index (χ2v) is 3.40. The van der Waals surface area contributed by atoms with Gasteiger partial charge in [0.2, 0.25) is 5.17 Å². The molecule has 0 aliphatic heterocycles. The Morgan fingerprint density at radius 2 is 1.68 bits per heavy atom. The van der Waals surface area contributed by atoms with Crippen molar-refractivity contribution in [2.24, 2.45) is 4.99 Å². The van der Waals surface area contributed by atoms with Crippen LogP contribution in [0.15, 0.2) is 23.2 Å². The Kier molecular flexibility index (Phi) is 4.28. The second-order valence-electron chi connectivity index (χ2n) is 3.04. The number of halogens is 8. The molecule has 106 valence electrons. The van der Waals surface area contributed by atoms with Crippen molar-refractivity contribution in [3.05, 3.63) is 24.0 Å². The van der Waals surface area contributed by atoms with Gasteiger partial charge in [-0.25, -0.2) is 9.38 Å². The normalized spacial score (nSPS) is 13.6. The minimum Gasteiger partial charge on any atom is -0.403 e. The van der Waals surface area contributed by atoms with Gasteiger partial charge in [0.1, 0.15) is 5.69 Å². The third-order valence-electron chi connectivity index (χ3n) is 1.62. The number of benzene rings is 1. The van der Waals surface area contributed by atoms with Crippen molar-refractivity contribution in [2.45, 2.75) is 12.5 Å². The number of alkyl halides is 6. The zero-order valence-electron chi connectivity index (χ0n) is 8.61. The second kappa shape index (κ2) is 5.24. The van der Waals surface area contributed by atoms with Crippen molar-refractivity contribution in [1.29, 1.82) is 0 Å². The van der Waals surface area contributed by atoms with E-state index in [4.69, 9.17) is 11.6 Å². The monoisotopic (exact) mass is 309 g/mol. The molecule has 0 N–H and O–H groups in total. The van der Waals surface area contributed by atoms with Crippen molar-refractivity contribution in [3.63, 3.8) is 0 Å². The first-order chi connectivity index (χ1) is 8.50. The van der Waals surface area contributed by atoms with Gasteiger partial charge in [0, 0.05) is 0 Å². The molecule has 1 aromatic rings. The molecule has 1 rings (SSSR count). The van der Waals surface area contributed by atoms with Crippen LogP contribution in [0.5, 0.6) is 5.75 Å². The predicted octanol–water partition coefficient (Wildman–Crippen LogP) is 4.56. The van der Waals surface area contributed by atoms with E-state index in [9.17, 15) is 30.7 Å². The molecule has 0 aliphatic carbocycles. The van der Waals surface area contributed by atoms with Crippen LogP contribution in [0.25, 0.3) is 0 Å². The molecule has 0 aliphatic rings. The molecular formula is C9H3ClF7NO. The van der Waals surface area contributed by atoms with Crippen LogP contribution in [-0.2, 0) is 0 Å². The van der Waals surface area contributed by atoms with Crippen LogP contribution >= 0.6 is 11.6 Å². The van der Waals surface area contributed by atoms with Crippen LogP contribution in [0.2, 0.25) is 0 Å². The third kappa shape index (κ3) is 4.58. The van der Waals surface area contributed by atoms with Gasteiger partial charge in [0.05, 0.1) is 0 Å². The first-order valence-electron chi connectivity index (χ1n) is 4.36. The Hall–Kier alpha value is -1.51. The van der Waals surface area contributed by atoms with E-state index in [-0.39, 0.29) is 0 Å². The van der Waals surface area contributed by atoms with Crippen molar-refractivity contribution in [1.82, 2.24) is 0 Å². The summed E-state index contributed by atoms with van der Waals surface area (Å²) in [6.45, 7) is 0. The van der Waals surface area contributed by atoms with Gasteiger partial charge >= 0.3 is 12.5 Å². The van der Waals surface area contributed by atoms with Crippen LogP contribution in [0.1, 0.15) is 0 Å². The smallest absolute Gasteiger partial charge is 0.403 e. The average Bonchev–Trinajstić information content (AvgIpc) is 2.20. The fourth-order valence-corrected chi connectivity index (χ4v) is 1.05. The minimum atomic E-state index is -5.18. The van der Waals surface area contributed by atoms with E-state index in [1.807, 2.05) is 0 Å². The first kappa shape index (κ1) is 15.5. The molecule has 0 heterocycles. The standard InChI is InChI=1S/C9H3ClF7NO/c10-7(8(12,13)14)18-4-2-1-3-5(6(4)11)19-9(15,16)17/h1-3H. The van der Waals surface area contributed by atoms with Crippen molar-refractivity contribution >= 4 is 22.5 Å².